The zero-order valence-corrected chi connectivity index (χ0v) is 12.7. The molecule has 0 spiro atoms. The Bertz CT molecular complexity index is 673. The molecule has 1 atom stereocenters. The summed E-state index contributed by atoms with van der Waals surface area (Å²) >= 11 is 0. The maximum atomic E-state index is 6.04. The van der Waals surface area contributed by atoms with Gasteiger partial charge in [-0.25, -0.2) is 5.84 Å². The lowest BCUT2D eigenvalue weighted by Crippen LogP contribution is -2.40. The molecule has 3 heteroatoms. The van der Waals surface area contributed by atoms with E-state index in [4.69, 9.17) is 5.84 Å². The molecule has 0 saturated carbocycles. The summed E-state index contributed by atoms with van der Waals surface area (Å²) in [6.07, 6.45) is 4.09. The van der Waals surface area contributed by atoms with Crippen LogP contribution in [0.3, 0.4) is 0 Å². The Kier molecular flexibility index (Phi) is 3.53. The van der Waals surface area contributed by atoms with Crippen molar-refractivity contribution in [3.63, 3.8) is 0 Å². The van der Waals surface area contributed by atoms with Gasteiger partial charge in [0, 0.05) is 13.2 Å². The van der Waals surface area contributed by atoms with Crippen molar-refractivity contribution in [2.24, 2.45) is 5.84 Å². The van der Waals surface area contributed by atoms with Gasteiger partial charge in [-0.15, -0.1) is 5.12 Å². The van der Waals surface area contributed by atoms with E-state index < -0.39 is 0 Å². The molecule has 0 aliphatic carbocycles. The lowest BCUT2D eigenvalue weighted by molar-refractivity contribution is 0.0391. The van der Waals surface area contributed by atoms with E-state index in [2.05, 4.69) is 62.4 Å². The molecule has 1 aliphatic heterocycles. The van der Waals surface area contributed by atoms with Gasteiger partial charge >= 0.3 is 0 Å². The molecule has 21 heavy (non-hydrogen) atoms. The normalized spacial score (nSPS) is 18.5. The van der Waals surface area contributed by atoms with Crippen molar-refractivity contribution in [1.82, 2.24) is 10.1 Å². The predicted octanol–water partition coefficient (Wildman–Crippen LogP) is 3.56. The van der Waals surface area contributed by atoms with Gasteiger partial charge in [0.15, 0.2) is 0 Å². The van der Waals surface area contributed by atoms with Crippen LogP contribution in [0, 0.1) is 13.8 Å². The van der Waals surface area contributed by atoms with Crippen LogP contribution in [-0.2, 0) is 0 Å². The molecule has 3 rings (SSSR count). The van der Waals surface area contributed by atoms with Crippen molar-refractivity contribution >= 4 is 0 Å². The van der Waals surface area contributed by atoms with Crippen LogP contribution in [0.15, 0.2) is 54.7 Å². The minimum Gasteiger partial charge on any atom is -0.302 e. The van der Waals surface area contributed by atoms with E-state index in [1.54, 1.807) is 5.12 Å². The van der Waals surface area contributed by atoms with Crippen LogP contribution in [0.5, 0.6) is 0 Å². The molecule has 3 nitrogen and oxygen atoms in total. The number of hydrogen-bond acceptors (Lipinski definition) is 3. The monoisotopic (exact) mass is 279 g/mol. The van der Waals surface area contributed by atoms with Gasteiger partial charge in [0.2, 0.25) is 0 Å². The van der Waals surface area contributed by atoms with Crippen molar-refractivity contribution in [2.45, 2.75) is 19.9 Å². The number of nitrogens with zero attached hydrogens (tertiary/aromatic N) is 2. The molecule has 0 fully saturated rings. The van der Waals surface area contributed by atoms with E-state index in [0.717, 1.165) is 0 Å². The first-order chi connectivity index (χ1) is 10.1. The van der Waals surface area contributed by atoms with Gasteiger partial charge in [-0.1, -0.05) is 42.5 Å². The molecule has 2 aromatic rings. The molecule has 2 aromatic carbocycles. The first-order valence-corrected chi connectivity index (χ1v) is 7.19. The van der Waals surface area contributed by atoms with Crippen molar-refractivity contribution in [3.8, 4) is 11.1 Å². The summed E-state index contributed by atoms with van der Waals surface area (Å²) in [6, 6.07) is 15.3. The average Bonchev–Trinajstić information content (AvgIpc) is 2.82. The summed E-state index contributed by atoms with van der Waals surface area (Å²) in [5, 5.41) is 3.62. The summed E-state index contributed by atoms with van der Waals surface area (Å²) < 4.78 is 0. The summed E-state index contributed by atoms with van der Waals surface area (Å²) in [4.78, 5) is 0. The first kappa shape index (κ1) is 13.9. The fourth-order valence-corrected chi connectivity index (χ4v) is 2.63. The molecule has 1 unspecified atom stereocenters. The molecule has 0 aromatic heterocycles. The Hall–Kier alpha value is -2.10. The molecule has 1 aliphatic rings. The third-order valence-electron chi connectivity index (χ3n) is 4.23. The molecule has 108 valence electrons. The number of hydrogen-bond donors (Lipinski definition) is 1. The molecule has 0 bridgehead atoms. The molecular formula is C18H21N3. The summed E-state index contributed by atoms with van der Waals surface area (Å²) in [5.41, 5.74) is 6.35. The van der Waals surface area contributed by atoms with Crippen molar-refractivity contribution in [2.75, 3.05) is 7.05 Å². The van der Waals surface area contributed by atoms with Crippen molar-refractivity contribution in [1.29, 1.82) is 0 Å². The third-order valence-corrected chi connectivity index (χ3v) is 4.23. The maximum absolute atomic E-state index is 6.04. The smallest absolute Gasteiger partial charge is 0.0896 e. The molecule has 0 amide bonds. The zero-order valence-electron chi connectivity index (χ0n) is 12.7. The maximum Gasteiger partial charge on any atom is 0.0896 e. The fourth-order valence-electron chi connectivity index (χ4n) is 2.63. The molecule has 0 radical (unpaired) electrons. The molecule has 2 N–H and O–H groups in total. The third kappa shape index (κ3) is 2.58. The summed E-state index contributed by atoms with van der Waals surface area (Å²) in [5.74, 6) is 6.04. The number of benzene rings is 2. The molecular weight excluding hydrogens is 258 g/mol. The van der Waals surface area contributed by atoms with Crippen LogP contribution in [0.2, 0.25) is 0 Å². The van der Waals surface area contributed by atoms with Crippen LogP contribution in [0.25, 0.3) is 11.1 Å². The van der Waals surface area contributed by atoms with Gasteiger partial charge in [0.25, 0.3) is 0 Å². The topological polar surface area (TPSA) is 32.5 Å². The minimum absolute atomic E-state index is 0.115. The fraction of sp³-hybridized carbons (Fsp3) is 0.222. The van der Waals surface area contributed by atoms with E-state index in [9.17, 15) is 0 Å². The van der Waals surface area contributed by atoms with E-state index in [0.29, 0.717) is 0 Å². The van der Waals surface area contributed by atoms with Crippen LogP contribution >= 0.6 is 0 Å². The highest BCUT2D eigenvalue weighted by atomic mass is 15.8. The zero-order chi connectivity index (χ0) is 15.0. The van der Waals surface area contributed by atoms with Crippen LogP contribution < -0.4 is 5.84 Å². The SMILES string of the molecule is Cc1ccc(-c2ccc(C3C=CN(C)N3N)cc2)cc1C. The van der Waals surface area contributed by atoms with Gasteiger partial charge in [-0.3, -0.25) is 0 Å². The number of aryl methyl sites for hydroxylation is 2. The second kappa shape index (κ2) is 5.35. The van der Waals surface area contributed by atoms with E-state index in [1.807, 2.05) is 18.3 Å². The van der Waals surface area contributed by atoms with E-state index in [-0.39, 0.29) is 6.04 Å². The average molecular weight is 279 g/mol. The van der Waals surface area contributed by atoms with Gasteiger partial charge in [-0.2, -0.15) is 0 Å². The second-order valence-electron chi connectivity index (χ2n) is 5.66. The highest BCUT2D eigenvalue weighted by Gasteiger charge is 2.22. The minimum atomic E-state index is 0.115. The molecule has 1 heterocycles. The molecule has 0 saturated heterocycles. The van der Waals surface area contributed by atoms with Gasteiger partial charge in [0.1, 0.15) is 0 Å². The van der Waals surface area contributed by atoms with Gasteiger partial charge in [-0.05, 0) is 47.7 Å². The standard InChI is InChI=1S/C18H21N3/c1-13-4-5-17(12-14(13)2)15-6-8-16(9-7-15)18-10-11-20(3)21(18)19/h4-12,18H,19H2,1-3H3. The number of rotatable bonds is 2. The van der Waals surface area contributed by atoms with E-state index in [1.165, 1.54) is 27.8 Å². The summed E-state index contributed by atoms with van der Waals surface area (Å²) in [7, 11) is 1.94. The highest BCUT2D eigenvalue weighted by Crippen LogP contribution is 2.28. The quantitative estimate of drug-likeness (QED) is 0.853. The van der Waals surface area contributed by atoms with E-state index >= 15 is 0 Å². The second-order valence-corrected chi connectivity index (χ2v) is 5.66. The highest BCUT2D eigenvalue weighted by molar-refractivity contribution is 5.65. The number of nitrogens with two attached hydrogens (primary N) is 1. The lowest BCUT2D eigenvalue weighted by Gasteiger charge is -2.26. The summed E-state index contributed by atoms with van der Waals surface area (Å²) in [6.45, 7) is 4.29. The Labute approximate surface area is 126 Å². The van der Waals surface area contributed by atoms with Crippen molar-refractivity contribution < 1.29 is 0 Å². The predicted molar refractivity (Wildman–Crippen MR) is 87.0 cm³/mol. The van der Waals surface area contributed by atoms with Crippen LogP contribution in [0.4, 0.5) is 0 Å². The largest absolute Gasteiger partial charge is 0.302 e. The Morgan fingerprint density at radius 2 is 1.57 bits per heavy atom. The Balaban J connectivity index is 1.87. The number of hydrazine groups is 2. The van der Waals surface area contributed by atoms with Gasteiger partial charge in [0.05, 0.1) is 6.04 Å². The first-order valence-electron chi connectivity index (χ1n) is 7.19. The van der Waals surface area contributed by atoms with Gasteiger partial charge < -0.3 is 5.01 Å². The Morgan fingerprint density at radius 3 is 2.14 bits per heavy atom. The van der Waals surface area contributed by atoms with Crippen LogP contribution in [-0.4, -0.2) is 17.2 Å². The Morgan fingerprint density at radius 1 is 0.905 bits per heavy atom. The van der Waals surface area contributed by atoms with Crippen molar-refractivity contribution in [3.05, 3.63) is 71.4 Å². The lowest BCUT2D eigenvalue weighted by atomic mass is 9.98. The van der Waals surface area contributed by atoms with Crippen LogP contribution in [0.1, 0.15) is 22.7 Å².